The van der Waals surface area contributed by atoms with Crippen LogP contribution in [-0.4, -0.2) is 16.7 Å². The topological polar surface area (TPSA) is 72.3 Å². The Morgan fingerprint density at radius 1 is 1.82 bits per heavy atom. The Kier molecular flexibility index (Phi) is 2.87. The summed E-state index contributed by atoms with van der Waals surface area (Å²) in [6, 6.07) is -0.295. The van der Waals surface area contributed by atoms with Gasteiger partial charge in [0.15, 0.2) is 0 Å². The smallest absolute Gasteiger partial charge is 0.292 e. The first kappa shape index (κ1) is 8.52. The van der Waals surface area contributed by atoms with Crippen LogP contribution in [0, 0.1) is 0 Å². The van der Waals surface area contributed by atoms with Crippen LogP contribution in [0.4, 0.5) is 0 Å². The van der Waals surface area contributed by atoms with Crippen molar-refractivity contribution in [1.82, 2.24) is 4.98 Å². The van der Waals surface area contributed by atoms with E-state index in [0.717, 1.165) is 0 Å². The van der Waals surface area contributed by atoms with E-state index in [4.69, 9.17) is 26.9 Å². The molecule has 62 valence electrons. The highest BCUT2D eigenvalue weighted by Gasteiger charge is 2.09. The molecule has 1 heterocycles. The summed E-state index contributed by atoms with van der Waals surface area (Å²) in [5.41, 5.74) is 6.15. The molecule has 11 heavy (non-hydrogen) atoms. The minimum Gasteiger partial charge on any atom is -0.436 e. The fourth-order valence-corrected chi connectivity index (χ4v) is 0.863. The first-order valence-corrected chi connectivity index (χ1v) is 3.59. The fourth-order valence-electron chi connectivity index (χ4n) is 0.720. The molecule has 0 aliphatic heterocycles. The fraction of sp³-hybridized carbons (Fsp3) is 0.500. The Balaban J connectivity index is 2.60. The Morgan fingerprint density at radius 3 is 3.00 bits per heavy atom. The SMILES string of the molecule is NC(CCO)c1coc(Cl)n1. The van der Waals surface area contributed by atoms with Gasteiger partial charge in [0.05, 0.1) is 11.7 Å². The van der Waals surface area contributed by atoms with Gasteiger partial charge in [-0.1, -0.05) is 0 Å². The molecule has 0 spiro atoms. The number of oxazole rings is 1. The van der Waals surface area contributed by atoms with Crippen LogP contribution in [0.25, 0.3) is 0 Å². The summed E-state index contributed by atoms with van der Waals surface area (Å²) in [5, 5.41) is 8.61. The molecule has 1 aromatic heterocycles. The molecule has 0 radical (unpaired) electrons. The van der Waals surface area contributed by atoms with E-state index in [2.05, 4.69) is 4.98 Å². The van der Waals surface area contributed by atoms with Crippen LogP contribution in [0.5, 0.6) is 0 Å². The lowest BCUT2D eigenvalue weighted by Gasteiger charge is -2.03. The van der Waals surface area contributed by atoms with Crippen LogP contribution in [0.1, 0.15) is 18.2 Å². The van der Waals surface area contributed by atoms with Crippen molar-refractivity contribution >= 4 is 11.6 Å². The number of hydrogen-bond acceptors (Lipinski definition) is 4. The van der Waals surface area contributed by atoms with Gasteiger partial charge in [-0.2, -0.15) is 0 Å². The number of hydrogen-bond donors (Lipinski definition) is 2. The van der Waals surface area contributed by atoms with Gasteiger partial charge >= 0.3 is 0 Å². The maximum Gasteiger partial charge on any atom is 0.292 e. The van der Waals surface area contributed by atoms with Crippen LogP contribution >= 0.6 is 11.6 Å². The highest BCUT2D eigenvalue weighted by Crippen LogP contribution is 2.15. The molecule has 0 saturated heterocycles. The summed E-state index contributed by atoms with van der Waals surface area (Å²) in [7, 11) is 0. The number of aromatic nitrogens is 1. The predicted octanol–water partition coefficient (Wildman–Crippen LogP) is 0.710. The zero-order chi connectivity index (χ0) is 8.27. The molecule has 0 aromatic carbocycles. The molecule has 1 aromatic rings. The molecule has 1 unspecified atom stereocenters. The van der Waals surface area contributed by atoms with Crippen molar-refractivity contribution in [3.8, 4) is 0 Å². The second kappa shape index (κ2) is 3.71. The Bertz CT molecular complexity index is 226. The van der Waals surface area contributed by atoms with Gasteiger partial charge in [-0.3, -0.25) is 0 Å². The van der Waals surface area contributed by atoms with E-state index in [1.165, 1.54) is 6.26 Å². The largest absolute Gasteiger partial charge is 0.436 e. The number of nitrogens with two attached hydrogens (primary N) is 1. The zero-order valence-corrected chi connectivity index (χ0v) is 6.58. The van der Waals surface area contributed by atoms with E-state index in [9.17, 15) is 0 Å². The molecule has 0 aliphatic rings. The standard InChI is InChI=1S/C6H9ClN2O2/c7-6-9-5(3-11-6)4(8)1-2-10/h3-4,10H,1-2,8H2. The molecular formula is C6H9ClN2O2. The molecule has 0 bridgehead atoms. The minimum absolute atomic E-state index is 0.0334. The van der Waals surface area contributed by atoms with Gasteiger partial charge in [0.25, 0.3) is 5.35 Å². The molecular weight excluding hydrogens is 168 g/mol. The highest BCUT2D eigenvalue weighted by molar-refractivity contribution is 6.27. The minimum atomic E-state index is -0.295. The lowest BCUT2D eigenvalue weighted by molar-refractivity contribution is 0.275. The van der Waals surface area contributed by atoms with Gasteiger partial charge in [0.1, 0.15) is 6.26 Å². The maximum atomic E-state index is 8.53. The van der Waals surface area contributed by atoms with Crippen LogP contribution in [0.2, 0.25) is 5.35 Å². The van der Waals surface area contributed by atoms with Crippen LogP contribution in [0.3, 0.4) is 0 Å². The van der Waals surface area contributed by atoms with Gasteiger partial charge in [-0.15, -0.1) is 0 Å². The monoisotopic (exact) mass is 176 g/mol. The molecule has 1 rings (SSSR count). The third kappa shape index (κ3) is 2.18. The molecule has 0 aliphatic carbocycles. The summed E-state index contributed by atoms with van der Waals surface area (Å²) in [4.78, 5) is 3.79. The molecule has 0 amide bonds. The summed E-state index contributed by atoms with van der Waals surface area (Å²) in [6.45, 7) is 0.0334. The molecule has 0 fully saturated rings. The summed E-state index contributed by atoms with van der Waals surface area (Å²) in [6.07, 6.45) is 1.85. The zero-order valence-electron chi connectivity index (χ0n) is 5.83. The van der Waals surface area contributed by atoms with Gasteiger partial charge in [-0.25, -0.2) is 4.98 Å². The average molecular weight is 177 g/mol. The van der Waals surface area contributed by atoms with E-state index in [1.54, 1.807) is 0 Å². The third-order valence-electron chi connectivity index (χ3n) is 1.31. The van der Waals surface area contributed by atoms with Gasteiger partial charge in [0, 0.05) is 6.61 Å². The predicted molar refractivity (Wildman–Crippen MR) is 40.1 cm³/mol. The number of halogens is 1. The quantitative estimate of drug-likeness (QED) is 0.712. The Labute approximate surface area is 69.0 Å². The van der Waals surface area contributed by atoms with E-state index in [-0.39, 0.29) is 18.0 Å². The first-order chi connectivity index (χ1) is 5.24. The second-order valence-corrected chi connectivity index (χ2v) is 2.47. The molecule has 5 heteroatoms. The van der Waals surface area contributed by atoms with E-state index < -0.39 is 0 Å². The van der Waals surface area contributed by atoms with Crippen LogP contribution in [0.15, 0.2) is 10.7 Å². The van der Waals surface area contributed by atoms with Crippen molar-refractivity contribution in [3.05, 3.63) is 17.3 Å². The van der Waals surface area contributed by atoms with Crippen molar-refractivity contribution in [2.75, 3.05) is 6.61 Å². The highest BCUT2D eigenvalue weighted by atomic mass is 35.5. The summed E-state index contributed by atoms with van der Waals surface area (Å²) < 4.78 is 4.72. The van der Waals surface area contributed by atoms with E-state index in [0.29, 0.717) is 12.1 Å². The number of nitrogens with zero attached hydrogens (tertiary/aromatic N) is 1. The van der Waals surface area contributed by atoms with Crippen molar-refractivity contribution in [2.45, 2.75) is 12.5 Å². The number of aliphatic hydroxyl groups is 1. The lowest BCUT2D eigenvalue weighted by Crippen LogP contribution is -2.11. The van der Waals surface area contributed by atoms with E-state index in [1.807, 2.05) is 0 Å². The Morgan fingerprint density at radius 2 is 2.55 bits per heavy atom. The van der Waals surface area contributed by atoms with Crippen molar-refractivity contribution in [2.24, 2.45) is 5.73 Å². The first-order valence-electron chi connectivity index (χ1n) is 3.21. The van der Waals surface area contributed by atoms with Crippen molar-refractivity contribution < 1.29 is 9.52 Å². The average Bonchev–Trinajstić information content (AvgIpc) is 2.36. The second-order valence-electron chi connectivity index (χ2n) is 2.14. The van der Waals surface area contributed by atoms with E-state index >= 15 is 0 Å². The van der Waals surface area contributed by atoms with Crippen molar-refractivity contribution in [1.29, 1.82) is 0 Å². The summed E-state index contributed by atoms with van der Waals surface area (Å²) >= 11 is 5.41. The molecule has 4 nitrogen and oxygen atoms in total. The van der Waals surface area contributed by atoms with Crippen LogP contribution in [-0.2, 0) is 0 Å². The molecule has 0 saturated carbocycles. The lowest BCUT2D eigenvalue weighted by atomic mass is 10.2. The normalized spacial score (nSPS) is 13.4. The van der Waals surface area contributed by atoms with Gasteiger partial charge < -0.3 is 15.3 Å². The van der Waals surface area contributed by atoms with Gasteiger partial charge in [0.2, 0.25) is 0 Å². The Hall–Kier alpha value is -0.580. The maximum absolute atomic E-state index is 8.53. The van der Waals surface area contributed by atoms with Gasteiger partial charge in [-0.05, 0) is 18.0 Å². The number of rotatable bonds is 3. The third-order valence-corrected chi connectivity index (χ3v) is 1.49. The number of aliphatic hydroxyl groups excluding tert-OH is 1. The van der Waals surface area contributed by atoms with Crippen molar-refractivity contribution in [3.63, 3.8) is 0 Å². The molecule has 1 atom stereocenters. The summed E-state index contributed by atoms with van der Waals surface area (Å²) in [5.74, 6) is 0. The molecule has 3 N–H and O–H groups in total. The van der Waals surface area contributed by atoms with Crippen LogP contribution < -0.4 is 5.73 Å².